The summed E-state index contributed by atoms with van der Waals surface area (Å²) < 4.78 is 152. The fourth-order valence-electron chi connectivity index (χ4n) is 9.72. The number of amides is 1. The molecule has 4 unspecified atom stereocenters. The minimum Gasteiger partial charge on any atom is -0.506 e. The minimum atomic E-state index is -3.99. The zero-order valence-corrected chi connectivity index (χ0v) is 73.9. The Morgan fingerprint density at radius 3 is 1.36 bits per heavy atom. The Labute approximate surface area is 729 Å². The number of halogens is 7. The Balaban J connectivity index is 0.000000236. The number of carboxylic acids is 1. The number of aliphatic carboxylic acids is 1. The first-order valence-corrected chi connectivity index (χ1v) is 45.2. The minimum absolute atomic E-state index is 0.0206. The van der Waals surface area contributed by atoms with Crippen molar-refractivity contribution in [1.82, 2.24) is 15.0 Å². The highest BCUT2D eigenvalue weighted by molar-refractivity contribution is 8.26. The summed E-state index contributed by atoms with van der Waals surface area (Å²) in [5.41, 5.74) is 9.15. The number of carbonyl (C=O) groups is 3. The van der Waals surface area contributed by atoms with Crippen molar-refractivity contribution >= 4 is 196 Å². The van der Waals surface area contributed by atoms with Gasteiger partial charge < -0.3 is 69.2 Å². The summed E-state index contributed by atoms with van der Waals surface area (Å²) in [6.07, 6.45) is 3.63. The highest BCUT2D eigenvalue weighted by Crippen LogP contribution is 2.39. The number of fused-ring (bicyclic) bond motifs is 2. The van der Waals surface area contributed by atoms with Crippen LogP contribution >= 0.6 is 102 Å². The molecule has 3 aromatic heterocycles. The molecule has 31 nitrogen and oxygen atoms in total. The molecular formula is C74H77Cl6FN10O21S7. The second-order valence-corrected chi connectivity index (χ2v) is 36.2. The highest BCUT2D eigenvalue weighted by Gasteiger charge is 2.34. The maximum atomic E-state index is 13.6. The predicted molar refractivity (Wildman–Crippen MR) is 460 cm³/mol. The number of rotatable bonds is 28. The first-order chi connectivity index (χ1) is 56.7. The molecule has 0 radical (unpaired) electrons. The van der Waals surface area contributed by atoms with Crippen molar-refractivity contribution in [2.45, 2.75) is 57.3 Å². The lowest BCUT2D eigenvalue weighted by Crippen LogP contribution is -2.40. The molecule has 10 aromatic rings. The van der Waals surface area contributed by atoms with E-state index in [1.807, 2.05) is 12.1 Å². The van der Waals surface area contributed by atoms with Crippen LogP contribution in [0.2, 0.25) is 5.02 Å². The molecule has 2 aliphatic rings. The van der Waals surface area contributed by atoms with E-state index in [4.69, 9.17) is 101 Å². The van der Waals surface area contributed by atoms with Crippen molar-refractivity contribution < 1.29 is 101 Å². The number of nitrogen functional groups attached to an aromatic ring is 1. The molecule has 0 saturated heterocycles. The molecular weight excluding hydrogens is 1820 g/mol. The molecule has 45 heteroatoms. The number of carbonyl (C=O) groups excluding carboxylic acids is 2. The van der Waals surface area contributed by atoms with Crippen LogP contribution in [0.5, 0.6) is 34.5 Å². The average Bonchev–Trinajstić information content (AvgIpc) is 1.63. The van der Waals surface area contributed by atoms with Gasteiger partial charge in [-0.15, -0.1) is 57.2 Å². The highest BCUT2D eigenvalue weighted by atomic mass is 36.0. The van der Waals surface area contributed by atoms with Crippen LogP contribution in [-0.2, 0) is 92.3 Å². The van der Waals surface area contributed by atoms with Gasteiger partial charge in [0.1, 0.15) is 51.8 Å². The van der Waals surface area contributed by atoms with Gasteiger partial charge in [0, 0.05) is 108 Å². The number of hydrogen-bond acceptors (Lipinski definition) is 28. The van der Waals surface area contributed by atoms with Gasteiger partial charge >= 0.3 is 5.97 Å². The van der Waals surface area contributed by atoms with E-state index in [9.17, 15) is 49.1 Å². The van der Waals surface area contributed by atoms with Crippen LogP contribution in [0.3, 0.4) is 0 Å². The molecule has 1 amide bonds. The van der Waals surface area contributed by atoms with E-state index in [-0.39, 0.29) is 89.0 Å². The number of hydrogen-bond donors (Lipinski definition) is 5. The van der Waals surface area contributed by atoms with E-state index in [2.05, 4.69) is 61.3 Å². The van der Waals surface area contributed by atoms with Crippen LogP contribution in [-0.4, -0.2) is 177 Å². The van der Waals surface area contributed by atoms with E-state index in [1.54, 1.807) is 136 Å². The van der Waals surface area contributed by atoms with Crippen molar-refractivity contribution in [2.75, 3.05) is 112 Å². The van der Waals surface area contributed by atoms with Crippen molar-refractivity contribution in [3.63, 3.8) is 0 Å². The first-order valence-electron chi connectivity index (χ1n) is 33.8. The van der Waals surface area contributed by atoms with Crippen LogP contribution in [0.1, 0.15) is 16.7 Å². The van der Waals surface area contributed by atoms with E-state index in [0.717, 1.165) is 28.4 Å². The molecule has 0 saturated carbocycles. The van der Waals surface area contributed by atoms with Crippen molar-refractivity contribution in [2.24, 2.45) is 0 Å². The number of nitrogens with zero attached hydrogens (tertiary/aromatic N) is 7. The number of ether oxygens (including phenoxy) is 9. The van der Waals surface area contributed by atoms with E-state index in [1.165, 1.54) is 123 Å². The molecule has 6 N–H and O–H groups in total. The Morgan fingerprint density at radius 2 is 1.02 bits per heavy atom. The molecule has 12 rings (SSSR count). The molecule has 0 bridgehead atoms. The average molecular weight is 1900 g/mol. The molecule has 2 aliphatic heterocycles. The Kier molecular flexibility index (Phi) is 40.6. The van der Waals surface area contributed by atoms with Gasteiger partial charge in [0.05, 0.1) is 112 Å². The third-order valence-corrected chi connectivity index (χ3v) is 24.7. The summed E-state index contributed by atoms with van der Waals surface area (Å²) in [4.78, 5) is 47.6. The molecule has 5 heterocycles. The number of thiazole rings is 3. The smallest absolute Gasteiger partial charge is 0.324 e. The van der Waals surface area contributed by atoms with Gasteiger partial charge in [-0.3, -0.25) is 14.4 Å². The molecule has 0 spiro atoms. The summed E-state index contributed by atoms with van der Waals surface area (Å²) in [5.74, 6) is 0.602. The number of benzene rings is 7. The number of nitrogens with two attached hydrogens (primary N) is 1. The fraction of sp³-hybridized carbons (Fsp3) is 0.257. The molecule has 4 atom stereocenters. The number of alkyl halides is 2. The second kappa shape index (κ2) is 48.9. The summed E-state index contributed by atoms with van der Waals surface area (Å²) in [7, 11) is 6.17. The summed E-state index contributed by atoms with van der Waals surface area (Å²) in [6.45, 7) is 8.09. The lowest BCUT2D eigenvalue weighted by atomic mass is 10.2. The van der Waals surface area contributed by atoms with Gasteiger partial charge in [0.15, 0.2) is 20.8 Å². The van der Waals surface area contributed by atoms with Gasteiger partial charge in [0.2, 0.25) is 26.3 Å². The predicted octanol–water partition coefficient (Wildman–Crippen LogP) is 14.5. The molecule has 0 fully saturated rings. The molecule has 7 aromatic carbocycles. The first kappa shape index (κ1) is 98.7. The second-order valence-electron chi connectivity index (χ2n) is 23.6. The normalized spacial score (nSPS) is 13.5. The standard InChI is InChI=1S/C21H21N3O6S2.C21H23N3O5S2.C17H17N3O4S2.C7H3ClFN.C4H6Cl2O2.C4H7ClO3.Cl2OS/c1-28-13-19-20(25)23-17-8-7-16(11-18(17)30-19)32(26,27)24(21-22-9-10-31-21)12-14-3-5-15(29-2)6-4-14;1-27-14-17-12-23-19-8-7-18(11-20(19)29-17)31(25,26)24(21-22-9-10-30-21)13-15-3-5-16(28-2)6-4-15;1-24-13-4-2-12(3-5-13)11-20(17-19-8-9-25-17)26(22,23)14-6-7-15(18)16(21)10-14;1-10-7-4-5(8)2-3-6(7)9;2*1-8-2-3(5)4(6)7;1-4(2)3/h3-11,19H,12-13H2,1-2H3,(H,23,25);3-11,17,23H,12-14H2,1-2H3;2-10,21H,11,18H2,1H3;2-4H;3H,2H2,1H3;3H,2H2,1H3,(H,6,7);. The lowest BCUT2D eigenvalue weighted by Gasteiger charge is -2.28. The third kappa shape index (κ3) is 30.2. The van der Waals surface area contributed by atoms with Crippen LogP contribution in [0, 0.1) is 12.4 Å². The lowest BCUT2D eigenvalue weighted by molar-refractivity contribution is -0.137. The van der Waals surface area contributed by atoms with E-state index >= 15 is 0 Å². The van der Waals surface area contributed by atoms with Crippen LogP contribution in [0.15, 0.2) is 195 Å². The number of nitrogens with one attached hydrogen (secondary N) is 2. The van der Waals surface area contributed by atoms with Crippen molar-refractivity contribution in [1.29, 1.82) is 0 Å². The van der Waals surface area contributed by atoms with Crippen molar-refractivity contribution in [3.8, 4) is 34.5 Å². The number of aromatic nitrogens is 3. The third-order valence-electron chi connectivity index (χ3n) is 15.5. The van der Waals surface area contributed by atoms with Gasteiger partial charge in [-0.1, -0.05) is 48.0 Å². The number of carboxylic acid groups (broad SMARTS) is 1. The largest absolute Gasteiger partial charge is 0.506 e. The quantitative estimate of drug-likeness (QED) is 0.00999. The Hall–Kier alpha value is -9.16. The fourth-order valence-corrected chi connectivity index (χ4v) is 17.1. The van der Waals surface area contributed by atoms with Crippen LogP contribution < -0.4 is 53.0 Å². The summed E-state index contributed by atoms with van der Waals surface area (Å²) in [5, 5.41) is 28.3. The van der Waals surface area contributed by atoms with Gasteiger partial charge in [-0.05, 0) is 119 Å². The molecule has 0 aliphatic carbocycles. The number of anilines is 6. The Bertz CT molecular complexity index is 5300. The Morgan fingerprint density at radius 1 is 0.613 bits per heavy atom. The van der Waals surface area contributed by atoms with E-state index in [0.29, 0.717) is 62.3 Å². The monoisotopic (exact) mass is 1890 g/mol. The van der Waals surface area contributed by atoms with Gasteiger partial charge in [0.25, 0.3) is 36.0 Å². The number of phenols is 1. The van der Waals surface area contributed by atoms with Crippen LogP contribution in [0.25, 0.3) is 4.85 Å². The van der Waals surface area contributed by atoms with Gasteiger partial charge in [-0.2, -0.15) is 0 Å². The van der Waals surface area contributed by atoms with Gasteiger partial charge in [-0.25, -0.2) is 66.6 Å². The number of methoxy groups -OCH3 is 7. The van der Waals surface area contributed by atoms with E-state index < -0.39 is 73.2 Å². The van der Waals surface area contributed by atoms with Crippen molar-refractivity contribution in [3.05, 3.63) is 219 Å². The molecule has 119 heavy (non-hydrogen) atoms. The summed E-state index contributed by atoms with van der Waals surface area (Å²) >= 11 is 24.6. The molecule has 640 valence electrons. The zero-order valence-electron chi connectivity index (χ0n) is 63.6. The number of sulfonamides is 3. The SMILES string of the molecule is COCC(Cl)C(=O)Cl.COCC(Cl)C(=O)O.COCC1CNc2ccc(S(=O)(=O)N(Cc3ccc(OC)cc3)c3nccs3)cc2O1.COCC1Oc2cc(S(=O)(=O)N(Cc3ccc(OC)cc3)c3nccs3)ccc2NC1=O.COc1ccc(CN(c2nccs2)S(=O)(=O)c2ccc(N)c(O)c2)cc1.O=S(Cl)Cl.[C-]#[N+]c1cc(Cl)ccc1F. The maximum Gasteiger partial charge on any atom is 0.324 e. The summed E-state index contributed by atoms with van der Waals surface area (Å²) in [6, 6.07) is 38.5. The maximum absolute atomic E-state index is 13.6. The topological polar surface area (TPSA) is 397 Å². The number of aromatic hydroxyl groups is 1. The zero-order chi connectivity index (χ0) is 87.6. The van der Waals surface area contributed by atoms with Crippen LogP contribution in [0.4, 0.5) is 42.5 Å². The number of phenolic OH excluding ortho intramolecular Hbond substituents is 1.